The van der Waals surface area contributed by atoms with Gasteiger partial charge in [-0.25, -0.2) is 9.79 Å². The van der Waals surface area contributed by atoms with Gasteiger partial charge in [-0.1, -0.05) is 59.3 Å². The molecular formula is C34H25ClN2O5S. The van der Waals surface area contributed by atoms with Gasteiger partial charge in [0, 0.05) is 17.2 Å². The number of allylic oxidation sites excluding steroid dienone is 1. The number of furan rings is 1. The van der Waals surface area contributed by atoms with Crippen LogP contribution in [0.15, 0.2) is 98.6 Å². The fourth-order valence-corrected chi connectivity index (χ4v) is 6.94. The first-order chi connectivity index (χ1) is 20.9. The minimum absolute atomic E-state index is 0.132. The van der Waals surface area contributed by atoms with E-state index in [1.54, 1.807) is 48.1 Å². The van der Waals surface area contributed by atoms with E-state index in [-0.39, 0.29) is 17.2 Å². The molecule has 0 spiro atoms. The van der Waals surface area contributed by atoms with Crippen molar-refractivity contribution in [1.29, 1.82) is 0 Å². The minimum atomic E-state index is -0.531. The number of ether oxygens (including phenoxy) is 2. The molecule has 0 unspecified atom stereocenters. The zero-order valence-corrected chi connectivity index (χ0v) is 24.9. The summed E-state index contributed by atoms with van der Waals surface area (Å²) < 4.78 is 18.6. The molecule has 0 radical (unpaired) electrons. The van der Waals surface area contributed by atoms with Gasteiger partial charge in [0.1, 0.15) is 17.3 Å². The van der Waals surface area contributed by atoms with Crippen molar-refractivity contribution in [2.45, 2.75) is 18.9 Å². The number of fused-ring (bicyclic) bond motifs is 3. The number of nitrogens with zero attached hydrogens (tertiary/aromatic N) is 2. The molecule has 1 aliphatic heterocycles. The summed E-state index contributed by atoms with van der Waals surface area (Å²) in [7, 11) is 2.95. The highest BCUT2D eigenvalue weighted by molar-refractivity contribution is 7.07. The Labute approximate surface area is 255 Å². The van der Waals surface area contributed by atoms with Gasteiger partial charge in [0.25, 0.3) is 5.56 Å². The molecule has 5 aromatic rings. The zero-order chi connectivity index (χ0) is 29.7. The number of benzene rings is 3. The van der Waals surface area contributed by atoms with E-state index in [1.807, 2.05) is 30.3 Å². The van der Waals surface area contributed by atoms with Crippen LogP contribution in [0.25, 0.3) is 23.1 Å². The summed E-state index contributed by atoms with van der Waals surface area (Å²) in [5, 5.41) is 0.292. The Morgan fingerprint density at radius 2 is 1.86 bits per heavy atom. The number of hydrogen-bond donors (Lipinski definition) is 0. The molecule has 3 aromatic carbocycles. The third-order valence-electron chi connectivity index (χ3n) is 7.86. The van der Waals surface area contributed by atoms with Crippen molar-refractivity contribution >= 4 is 40.7 Å². The molecule has 1 atom stereocenters. The van der Waals surface area contributed by atoms with Gasteiger partial charge in [0.2, 0.25) is 0 Å². The largest absolute Gasteiger partial charge is 0.497 e. The average Bonchev–Trinajstić information content (AvgIpc) is 3.64. The Kier molecular flexibility index (Phi) is 6.88. The van der Waals surface area contributed by atoms with Crippen molar-refractivity contribution in [3.63, 3.8) is 0 Å². The molecular weight excluding hydrogens is 584 g/mol. The van der Waals surface area contributed by atoms with E-state index in [9.17, 15) is 9.59 Å². The summed E-state index contributed by atoms with van der Waals surface area (Å²) in [5.74, 6) is 1.26. The second-order valence-corrected chi connectivity index (χ2v) is 11.7. The van der Waals surface area contributed by atoms with Crippen LogP contribution in [-0.2, 0) is 11.2 Å². The summed E-state index contributed by atoms with van der Waals surface area (Å²) in [6, 6.07) is 24.6. The van der Waals surface area contributed by atoms with Crippen molar-refractivity contribution < 1.29 is 18.7 Å². The van der Waals surface area contributed by atoms with E-state index in [1.165, 1.54) is 24.0 Å². The maximum atomic E-state index is 14.0. The normalized spacial score (nSPS) is 15.8. The van der Waals surface area contributed by atoms with Crippen molar-refractivity contribution in [1.82, 2.24) is 4.57 Å². The van der Waals surface area contributed by atoms with Gasteiger partial charge in [-0.15, -0.1) is 0 Å². The molecule has 0 fully saturated rings. The average molecular weight is 609 g/mol. The number of aryl methyl sites for hydroxylation is 1. The Morgan fingerprint density at radius 1 is 1.05 bits per heavy atom. The Bertz CT molecular complexity index is 2120. The lowest BCUT2D eigenvalue weighted by atomic mass is 9.83. The van der Waals surface area contributed by atoms with Crippen molar-refractivity contribution in [2.75, 3.05) is 14.2 Å². The second kappa shape index (κ2) is 10.9. The summed E-state index contributed by atoms with van der Waals surface area (Å²) >= 11 is 7.53. The van der Waals surface area contributed by atoms with Gasteiger partial charge in [-0.3, -0.25) is 9.36 Å². The number of carbonyl (C=O) groups excluding carboxylic acids is 1. The molecule has 9 heteroatoms. The van der Waals surface area contributed by atoms with Gasteiger partial charge in [0.05, 0.1) is 41.1 Å². The molecule has 7 rings (SSSR count). The molecule has 2 aliphatic rings. The highest BCUT2D eigenvalue weighted by Gasteiger charge is 2.32. The summed E-state index contributed by atoms with van der Waals surface area (Å²) in [6.07, 6.45) is 3.44. The van der Waals surface area contributed by atoms with Crippen LogP contribution in [0.1, 0.15) is 45.3 Å². The van der Waals surface area contributed by atoms with Gasteiger partial charge < -0.3 is 13.9 Å². The molecule has 2 aromatic heterocycles. The monoisotopic (exact) mass is 608 g/mol. The fraction of sp³-hybridized carbons (Fsp3) is 0.147. The third-order valence-corrected chi connectivity index (χ3v) is 9.17. The van der Waals surface area contributed by atoms with Gasteiger partial charge in [-0.05, 0) is 72.0 Å². The standard InChI is InChI=1S/C34H25ClN2O5S/c1-40-22-11-7-20(8-12-22)31-25-14-9-19-5-3-4-6-24(19)30(25)36-34-37(31)32(38)29(43-34)18-23-13-16-28(42-23)21-10-15-27(35)26(17-21)33(39)41-2/h3-8,10-13,15-18,31H,9,14H2,1-2H3/b29-18+/t31-/m0/s1. The minimum Gasteiger partial charge on any atom is -0.497 e. The number of halogens is 1. The van der Waals surface area contributed by atoms with Crippen LogP contribution in [0.4, 0.5) is 0 Å². The fourth-order valence-electron chi connectivity index (χ4n) is 5.77. The third kappa shape index (κ3) is 4.73. The quantitative estimate of drug-likeness (QED) is 0.228. The van der Waals surface area contributed by atoms with Crippen molar-refractivity contribution in [3.05, 3.63) is 137 Å². The second-order valence-electron chi connectivity index (χ2n) is 10.3. The highest BCUT2D eigenvalue weighted by Crippen LogP contribution is 2.41. The highest BCUT2D eigenvalue weighted by atomic mass is 35.5. The maximum Gasteiger partial charge on any atom is 0.339 e. The number of carbonyl (C=O) groups is 1. The lowest BCUT2D eigenvalue weighted by Crippen LogP contribution is -2.38. The molecule has 214 valence electrons. The first-order valence-corrected chi connectivity index (χ1v) is 14.9. The zero-order valence-electron chi connectivity index (χ0n) is 23.3. The first-order valence-electron chi connectivity index (χ1n) is 13.7. The summed E-state index contributed by atoms with van der Waals surface area (Å²) in [6.45, 7) is 0. The smallest absolute Gasteiger partial charge is 0.339 e. The molecule has 7 nitrogen and oxygen atoms in total. The molecule has 0 bridgehead atoms. The SMILES string of the molecule is COC(=O)c1cc(-c2ccc(/C=c3/sc4n(c3=O)[C@@H](c3ccc(OC)cc3)C3=C(N=4)c4ccccc4CC3)o2)ccc1Cl. The molecule has 0 N–H and O–H groups in total. The maximum absolute atomic E-state index is 14.0. The first kappa shape index (κ1) is 27.2. The van der Waals surface area contributed by atoms with Crippen LogP contribution >= 0.6 is 22.9 Å². The number of thiazole rings is 1. The van der Waals surface area contributed by atoms with E-state index in [0.29, 0.717) is 31.4 Å². The molecule has 43 heavy (non-hydrogen) atoms. The van der Waals surface area contributed by atoms with Crippen LogP contribution in [0.5, 0.6) is 5.75 Å². The number of rotatable bonds is 5. The van der Waals surface area contributed by atoms with Gasteiger partial charge in [0.15, 0.2) is 4.80 Å². The van der Waals surface area contributed by atoms with Crippen LogP contribution in [0.2, 0.25) is 5.02 Å². The van der Waals surface area contributed by atoms with Crippen molar-refractivity contribution in [3.8, 4) is 17.1 Å². The van der Waals surface area contributed by atoms with E-state index in [4.69, 9.17) is 30.5 Å². The molecule has 0 amide bonds. The summed E-state index contributed by atoms with van der Waals surface area (Å²) in [5.41, 5.74) is 6.23. The van der Waals surface area contributed by atoms with Gasteiger partial charge in [-0.2, -0.15) is 0 Å². The Morgan fingerprint density at radius 3 is 2.65 bits per heavy atom. The van der Waals surface area contributed by atoms with Crippen LogP contribution < -0.4 is 19.6 Å². The van der Waals surface area contributed by atoms with Crippen LogP contribution in [0, 0.1) is 0 Å². The van der Waals surface area contributed by atoms with E-state index >= 15 is 0 Å². The predicted octanol–water partition coefficient (Wildman–Crippen LogP) is 6.03. The number of methoxy groups -OCH3 is 2. The van der Waals surface area contributed by atoms with E-state index < -0.39 is 5.97 Å². The molecule has 1 aliphatic carbocycles. The Hall–Kier alpha value is -4.66. The molecule has 3 heterocycles. The number of esters is 1. The van der Waals surface area contributed by atoms with Crippen LogP contribution in [-0.4, -0.2) is 24.8 Å². The molecule has 0 saturated heterocycles. The van der Waals surface area contributed by atoms with E-state index in [0.717, 1.165) is 41.0 Å². The lowest BCUT2D eigenvalue weighted by Gasteiger charge is -2.30. The summed E-state index contributed by atoms with van der Waals surface area (Å²) in [4.78, 5) is 31.9. The predicted molar refractivity (Wildman–Crippen MR) is 166 cm³/mol. The lowest BCUT2D eigenvalue weighted by molar-refractivity contribution is 0.0601. The number of aromatic nitrogens is 1. The number of hydrogen-bond acceptors (Lipinski definition) is 7. The Balaban J connectivity index is 1.35. The van der Waals surface area contributed by atoms with Crippen LogP contribution in [0.3, 0.4) is 0 Å². The molecule has 0 saturated carbocycles. The van der Waals surface area contributed by atoms with Gasteiger partial charge >= 0.3 is 5.97 Å². The van der Waals surface area contributed by atoms with E-state index in [2.05, 4.69) is 18.2 Å². The van der Waals surface area contributed by atoms with Crippen molar-refractivity contribution in [2.24, 2.45) is 4.99 Å². The topological polar surface area (TPSA) is 83.0 Å².